The number of sulfonamides is 1. The molecule has 136 valence electrons. The summed E-state index contributed by atoms with van der Waals surface area (Å²) in [5.74, 6) is 0. The number of benzene rings is 2. The lowest BCUT2D eigenvalue weighted by Gasteiger charge is -2.34. The first-order chi connectivity index (χ1) is 12.4. The average molecular weight is 409 g/mol. The van der Waals surface area contributed by atoms with E-state index in [1.807, 2.05) is 25.1 Å². The van der Waals surface area contributed by atoms with Gasteiger partial charge in [-0.2, -0.15) is 4.31 Å². The zero-order valence-corrected chi connectivity index (χ0v) is 16.5. The Hall–Kier alpha value is -1.53. The minimum Gasteiger partial charge on any atom is -0.357 e. The highest BCUT2D eigenvalue weighted by atomic mass is 35.5. The summed E-state index contributed by atoms with van der Waals surface area (Å²) >= 11 is 12.2. The summed E-state index contributed by atoms with van der Waals surface area (Å²) in [6, 6.07) is 12.4. The maximum Gasteiger partial charge on any atom is 0.245 e. The Kier molecular flexibility index (Phi) is 4.51. The molecule has 0 fully saturated rings. The first kappa shape index (κ1) is 17.9. The molecule has 0 spiro atoms. The summed E-state index contributed by atoms with van der Waals surface area (Å²) in [4.78, 5) is 3.49. The van der Waals surface area contributed by atoms with E-state index in [1.165, 1.54) is 23.1 Å². The third-order valence-corrected chi connectivity index (χ3v) is 7.60. The maximum absolute atomic E-state index is 13.3. The molecule has 1 atom stereocenters. The molecule has 0 bridgehead atoms. The lowest BCUT2D eigenvalue weighted by atomic mass is 9.98. The molecule has 0 saturated carbocycles. The highest BCUT2D eigenvalue weighted by Gasteiger charge is 2.38. The van der Waals surface area contributed by atoms with Crippen LogP contribution in [0.25, 0.3) is 10.9 Å². The van der Waals surface area contributed by atoms with Crippen LogP contribution in [-0.4, -0.2) is 24.3 Å². The number of para-hydroxylation sites is 1. The van der Waals surface area contributed by atoms with Gasteiger partial charge in [0.15, 0.2) is 0 Å². The van der Waals surface area contributed by atoms with Crippen molar-refractivity contribution in [1.29, 1.82) is 0 Å². The van der Waals surface area contributed by atoms with Crippen molar-refractivity contribution in [3.05, 3.63) is 63.8 Å². The number of H-pyrrole nitrogens is 1. The highest BCUT2D eigenvalue weighted by molar-refractivity contribution is 7.89. The van der Waals surface area contributed by atoms with Crippen LogP contribution in [0.3, 0.4) is 0 Å². The molecule has 1 aliphatic rings. The lowest BCUT2D eigenvalue weighted by molar-refractivity contribution is 0.297. The van der Waals surface area contributed by atoms with Gasteiger partial charge in [-0.05, 0) is 42.7 Å². The predicted molar refractivity (Wildman–Crippen MR) is 105 cm³/mol. The second kappa shape index (κ2) is 6.57. The molecule has 0 aliphatic carbocycles. The zero-order valence-electron chi connectivity index (χ0n) is 14.2. The van der Waals surface area contributed by atoms with Crippen molar-refractivity contribution in [2.24, 2.45) is 0 Å². The maximum atomic E-state index is 13.3. The van der Waals surface area contributed by atoms with Crippen LogP contribution in [0.1, 0.15) is 30.6 Å². The van der Waals surface area contributed by atoms with Crippen molar-refractivity contribution < 1.29 is 8.42 Å². The van der Waals surface area contributed by atoms with Gasteiger partial charge in [-0.15, -0.1) is 0 Å². The molecule has 2 heterocycles. The van der Waals surface area contributed by atoms with Gasteiger partial charge >= 0.3 is 0 Å². The van der Waals surface area contributed by atoms with Crippen LogP contribution >= 0.6 is 23.2 Å². The smallest absolute Gasteiger partial charge is 0.245 e. The first-order valence-electron chi connectivity index (χ1n) is 8.50. The number of hydrogen-bond acceptors (Lipinski definition) is 2. The number of rotatable bonds is 3. The van der Waals surface area contributed by atoms with E-state index in [-0.39, 0.29) is 16.0 Å². The molecule has 4 rings (SSSR count). The molecule has 7 heteroatoms. The Morgan fingerprint density at radius 2 is 1.96 bits per heavy atom. The van der Waals surface area contributed by atoms with Crippen molar-refractivity contribution in [2.75, 3.05) is 6.54 Å². The van der Waals surface area contributed by atoms with Gasteiger partial charge in [-0.1, -0.05) is 48.3 Å². The molecule has 1 aliphatic heterocycles. The van der Waals surface area contributed by atoms with E-state index in [0.717, 1.165) is 11.2 Å². The third-order valence-electron chi connectivity index (χ3n) is 4.98. The Morgan fingerprint density at radius 3 is 2.73 bits per heavy atom. The van der Waals surface area contributed by atoms with E-state index in [9.17, 15) is 8.42 Å². The van der Waals surface area contributed by atoms with Gasteiger partial charge < -0.3 is 4.98 Å². The quantitative estimate of drug-likeness (QED) is 0.649. The molecule has 2 aromatic carbocycles. The van der Waals surface area contributed by atoms with Gasteiger partial charge in [0.25, 0.3) is 0 Å². The number of fused-ring (bicyclic) bond motifs is 3. The fourth-order valence-corrected chi connectivity index (χ4v) is 6.20. The van der Waals surface area contributed by atoms with E-state index >= 15 is 0 Å². The Morgan fingerprint density at radius 1 is 1.19 bits per heavy atom. The van der Waals surface area contributed by atoms with Crippen LogP contribution in [0.15, 0.2) is 47.4 Å². The first-order valence-corrected chi connectivity index (χ1v) is 10.7. The minimum atomic E-state index is -3.76. The fourth-order valence-electron chi connectivity index (χ4n) is 3.79. The lowest BCUT2D eigenvalue weighted by Crippen LogP contribution is -2.39. The standard InChI is InChI=1S/C19H18Cl2N2O2S/c1-2-17-19-14(13-5-3-4-6-16(13)22-19)9-10-23(17)26(24,25)18-11-12(20)7-8-15(18)21/h3-8,11,17,22H,2,9-10H2,1H3. The van der Waals surface area contributed by atoms with Crippen LogP contribution in [0.2, 0.25) is 10.0 Å². The molecule has 1 aromatic heterocycles. The molecular formula is C19H18Cl2N2O2S. The van der Waals surface area contributed by atoms with Gasteiger partial charge in [-0.25, -0.2) is 8.42 Å². The summed E-state index contributed by atoms with van der Waals surface area (Å²) in [5.41, 5.74) is 3.22. The van der Waals surface area contributed by atoms with Crippen molar-refractivity contribution in [3.63, 3.8) is 0 Å². The molecule has 26 heavy (non-hydrogen) atoms. The molecular weight excluding hydrogens is 391 g/mol. The number of hydrogen-bond donors (Lipinski definition) is 1. The minimum absolute atomic E-state index is 0.0599. The predicted octanol–water partition coefficient (Wildman–Crippen LogP) is 5.17. The summed E-state index contributed by atoms with van der Waals surface area (Å²) in [6.45, 7) is 2.41. The van der Waals surface area contributed by atoms with Crippen molar-refractivity contribution in [1.82, 2.24) is 9.29 Å². The molecule has 0 radical (unpaired) electrons. The van der Waals surface area contributed by atoms with Crippen molar-refractivity contribution in [3.8, 4) is 0 Å². The van der Waals surface area contributed by atoms with E-state index in [0.29, 0.717) is 24.4 Å². The van der Waals surface area contributed by atoms with E-state index < -0.39 is 10.0 Å². The van der Waals surface area contributed by atoms with E-state index in [2.05, 4.69) is 11.1 Å². The van der Waals surface area contributed by atoms with Gasteiger partial charge in [-0.3, -0.25) is 0 Å². The fraction of sp³-hybridized carbons (Fsp3) is 0.263. The average Bonchev–Trinajstić information content (AvgIpc) is 3.01. The summed E-state index contributed by atoms with van der Waals surface area (Å²) in [6.07, 6.45) is 1.32. The van der Waals surface area contributed by atoms with Crippen LogP contribution < -0.4 is 0 Å². The van der Waals surface area contributed by atoms with Gasteiger partial charge in [0.1, 0.15) is 4.90 Å². The monoisotopic (exact) mass is 408 g/mol. The van der Waals surface area contributed by atoms with Gasteiger partial charge in [0.05, 0.1) is 11.1 Å². The summed E-state index contributed by atoms with van der Waals surface area (Å²) < 4.78 is 28.2. The van der Waals surface area contributed by atoms with Crippen molar-refractivity contribution >= 4 is 44.1 Å². The SMILES string of the molecule is CCC1c2[nH]c3ccccc3c2CCN1S(=O)(=O)c1cc(Cl)ccc1Cl. The number of halogens is 2. The number of aromatic amines is 1. The molecule has 4 nitrogen and oxygen atoms in total. The molecule has 3 aromatic rings. The summed E-state index contributed by atoms with van der Waals surface area (Å²) in [7, 11) is -3.76. The molecule has 0 amide bonds. The zero-order chi connectivity index (χ0) is 18.5. The molecule has 0 saturated heterocycles. The number of aromatic nitrogens is 1. The van der Waals surface area contributed by atoms with Crippen LogP contribution in [0.4, 0.5) is 0 Å². The number of nitrogens with zero attached hydrogens (tertiary/aromatic N) is 1. The van der Waals surface area contributed by atoms with Crippen LogP contribution in [0, 0.1) is 0 Å². The van der Waals surface area contributed by atoms with Gasteiger partial charge in [0, 0.05) is 28.2 Å². The van der Waals surface area contributed by atoms with Crippen LogP contribution in [0.5, 0.6) is 0 Å². The van der Waals surface area contributed by atoms with E-state index in [4.69, 9.17) is 23.2 Å². The van der Waals surface area contributed by atoms with E-state index in [1.54, 1.807) is 10.4 Å². The van der Waals surface area contributed by atoms with Gasteiger partial charge in [0.2, 0.25) is 10.0 Å². The highest BCUT2D eigenvalue weighted by Crippen LogP contribution is 2.40. The Balaban J connectivity index is 1.84. The second-order valence-electron chi connectivity index (χ2n) is 6.43. The normalized spacial score (nSPS) is 18.2. The van der Waals surface area contributed by atoms with Crippen LogP contribution in [-0.2, 0) is 16.4 Å². The Bertz CT molecular complexity index is 1090. The molecule has 1 unspecified atom stereocenters. The molecule has 1 N–H and O–H groups in total. The Labute approximate surface area is 162 Å². The topological polar surface area (TPSA) is 53.2 Å². The third kappa shape index (κ3) is 2.74. The summed E-state index contributed by atoms with van der Waals surface area (Å²) in [5, 5.41) is 1.70. The van der Waals surface area contributed by atoms with Crippen molar-refractivity contribution in [2.45, 2.75) is 30.7 Å². The largest absolute Gasteiger partial charge is 0.357 e. The second-order valence-corrected chi connectivity index (χ2v) is 9.13. The number of nitrogens with one attached hydrogen (secondary N) is 1.